The van der Waals surface area contributed by atoms with Crippen LogP contribution in [0.4, 0.5) is 17.1 Å². The summed E-state index contributed by atoms with van der Waals surface area (Å²) in [6.45, 7) is 0. The van der Waals surface area contributed by atoms with Crippen LogP contribution in [0.15, 0.2) is 77.0 Å². The molecule has 0 amide bonds. The van der Waals surface area contributed by atoms with Gasteiger partial charge in [-0.25, -0.2) is 8.42 Å². The van der Waals surface area contributed by atoms with Crippen LogP contribution < -0.4 is 14.9 Å². The molecule has 1 aromatic heterocycles. The summed E-state index contributed by atoms with van der Waals surface area (Å²) in [5.74, 6) is 0.301. The van der Waals surface area contributed by atoms with Crippen molar-refractivity contribution in [1.82, 2.24) is 4.98 Å². The molecule has 0 spiro atoms. The Morgan fingerprint density at radius 3 is 2.63 bits per heavy atom. The number of rotatable bonds is 8. The Kier molecular flexibility index (Phi) is 6.23. The van der Waals surface area contributed by atoms with Gasteiger partial charge in [-0.2, -0.15) is 5.10 Å². The summed E-state index contributed by atoms with van der Waals surface area (Å²) in [7, 11) is -2.81. The van der Waals surface area contributed by atoms with Gasteiger partial charge in [0.2, 0.25) is 0 Å². The number of hydrogen-bond donors (Lipinski definition) is 2. The van der Waals surface area contributed by atoms with Crippen molar-refractivity contribution in [3.05, 3.63) is 82.7 Å². The van der Waals surface area contributed by atoms with Gasteiger partial charge < -0.3 is 4.74 Å². The van der Waals surface area contributed by atoms with E-state index < -0.39 is 14.9 Å². The van der Waals surface area contributed by atoms with E-state index in [0.717, 1.165) is 6.07 Å². The maximum absolute atomic E-state index is 13.0. The molecule has 10 nitrogen and oxygen atoms in total. The van der Waals surface area contributed by atoms with Crippen LogP contribution in [0.25, 0.3) is 0 Å². The van der Waals surface area contributed by atoms with E-state index in [4.69, 9.17) is 4.74 Å². The second kappa shape index (κ2) is 9.01. The van der Waals surface area contributed by atoms with Gasteiger partial charge in [-0.05, 0) is 24.3 Å². The summed E-state index contributed by atoms with van der Waals surface area (Å²) in [4.78, 5) is 14.1. The van der Waals surface area contributed by atoms with Crippen LogP contribution in [0.1, 0.15) is 5.56 Å². The molecule has 0 aliphatic heterocycles. The lowest BCUT2D eigenvalue weighted by atomic mass is 10.3. The topological polar surface area (TPSA) is 136 Å². The van der Waals surface area contributed by atoms with E-state index in [2.05, 4.69) is 20.2 Å². The molecule has 0 fully saturated rings. The number of methoxy groups -OCH3 is 1. The molecule has 0 aliphatic carbocycles. The van der Waals surface area contributed by atoms with Crippen LogP contribution in [0, 0.1) is 10.1 Å². The summed E-state index contributed by atoms with van der Waals surface area (Å²) >= 11 is 0. The Labute approximate surface area is 172 Å². The minimum Gasteiger partial charge on any atom is -0.495 e. The fraction of sp³-hybridized carbons (Fsp3) is 0.0526. The summed E-state index contributed by atoms with van der Waals surface area (Å²) in [5, 5.41) is 15.2. The first kappa shape index (κ1) is 20.7. The molecule has 2 N–H and O–H groups in total. The zero-order valence-electron chi connectivity index (χ0n) is 15.7. The summed E-state index contributed by atoms with van der Waals surface area (Å²) in [6, 6.07) is 13.3. The Morgan fingerprint density at radius 1 is 1.13 bits per heavy atom. The van der Waals surface area contributed by atoms with Gasteiger partial charge >= 0.3 is 0 Å². The second-order valence-electron chi connectivity index (χ2n) is 5.90. The van der Waals surface area contributed by atoms with Crippen molar-refractivity contribution in [1.29, 1.82) is 0 Å². The highest BCUT2D eigenvalue weighted by Crippen LogP contribution is 2.31. The third-order valence-corrected chi connectivity index (χ3v) is 5.31. The van der Waals surface area contributed by atoms with Gasteiger partial charge in [0.15, 0.2) is 0 Å². The van der Waals surface area contributed by atoms with Crippen LogP contribution in [-0.2, 0) is 10.0 Å². The monoisotopic (exact) mass is 427 g/mol. The van der Waals surface area contributed by atoms with Gasteiger partial charge in [0.05, 0.1) is 29.6 Å². The van der Waals surface area contributed by atoms with E-state index in [0.29, 0.717) is 11.3 Å². The Hall–Kier alpha value is -3.99. The molecule has 0 atom stereocenters. The first-order valence-electron chi connectivity index (χ1n) is 8.54. The van der Waals surface area contributed by atoms with Crippen LogP contribution in [-0.4, -0.2) is 31.6 Å². The van der Waals surface area contributed by atoms with E-state index in [1.807, 2.05) is 0 Å². The molecule has 30 heavy (non-hydrogen) atoms. The van der Waals surface area contributed by atoms with Crippen molar-refractivity contribution < 1.29 is 18.1 Å². The Morgan fingerprint density at radius 2 is 1.93 bits per heavy atom. The normalized spacial score (nSPS) is 11.2. The minimum atomic E-state index is -4.21. The van der Waals surface area contributed by atoms with Crippen molar-refractivity contribution in [2.75, 3.05) is 17.3 Å². The van der Waals surface area contributed by atoms with Crippen molar-refractivity contribution in [3.8, 4) is 5.75 Å². The van der Waals surface area contributed by atoms with Crippen molar-refractivity contribution in [3.63, 3.8) is 0 Å². The Bertz CT molecular complexity index is 1180. The van der Waals surface area contributed by atoms with Gasteiger partial charge in [-0.15, -0.1) is 0 Å². The van der Waals surface area contributed by atoms with Crippen LogP contribution in [0.5, 0.6) is 5.75 Å². The van der Waals surface area contributed by atoms with Crippen molar-refractivity contribution in [2.24, 2.45) is 5.10 Å². The van der Waals surface area contributed by atoms with E-state index in [9.17, 15) is 18.5 Å². The highest BCUT2D eigenvalue weighted by molar-refractivity contribution is 7.93. The van der Waals surface area contributed by atoms with E-state index >= 15 is 0 Å². The number of para-hydroxylation sites is 2. The number of hydrogen-bond acceptors (Lipinski definition) is 8. The summed E-state index contributed by atoms with van der Waals surface area (Å²) in [6.07, 6.45) is 4.62. The lowest BCUT2D eigenvalue weighted by Crippen LogP contribution is -2.15. The number of nitro groups is 1. The number of ether oxygens (including phenoxy) is 1. The number of nitrogens with zero attached hydrogens (tertiary/aromatic N) is 3. The number of sulfonamides is 1. The molecule has 154 valence electrons. The number of benzene rings is 2. The molecule has 3 aromatic rings. The predicted molar refractivity (Wildman–Crippen MR) is 112 cm³/mol. The van der Waals surface area contributed by atoms with Gasteiger partial charge in [0, 0.05) is 30.1 Å². The molecule has 0 saturated carbocycles. The molecule has 11 heteroatoms. The smallest absolute Gasteiger partial charge is 0.270 e. The van der Waals surface area contributed by atoms with Crippen LogP contribution >= 0.6 is 0 Å². The number of pyridine rings is 1. The largest absolute Gasteiger partial charge is 0.495 e. The molecule has 0 bridgehead atoms. The highest BCUT2D eigenvalue weighted by atomic mass is 32.2. The Balaban J connectivity index is 1.97. The molecule has 2 aromatic carbocycles. The average Bonchev–Trinajstić information content (AvgIpc) is 2.74. The first-order valence-corrected chi connectivity index (χ1v) is 10.0. The third-order valence-electron chi connectivity index (χ3n) is 3.90. The van der Waals surface area contributed by atoms with Gasteiger partial charge in [-0.3, -0.25) is 25.2 Å². The fourth-order valence-corrected chi connectivity index (χ4v) is 3.74. The lowest BCUT2D eigenvalue weighted by molar-refractivity contribution is -0.385. The van der Waals surface area contributed by atoms with Gasteiger partial charge in [0.25, 0.3) is 15.7 Å². The fourth-order valence-electron chi connectivity index (χ4n) is 2.50. The quantitative estimate of drug-likeness (QED) is 0.320. The number of non-ortho nitro benzene ring substituents is 1. The predicted octanol–water partition coefficient (Wildman–Crippen LogP) is 3.25. The van der Waals surface area contributed by atoms with E-state index in [1.165, 1.54) is 31.5 Å². The molecule has 0 radical (unpaired) electrons. The number of nitrogens with one attached hydrogen (secondary N) is 2. The minimum absolute atomic E-state index is 0.0585. The molecule has 1 heterocycles. The molecule has 0 unspecified atom stereocenters. The average molecular weight is 427 g/mol. The standard InChI is InChI=1S/C19H17N5O5S/c1-29-18-7-3-2-6-16(18)23-30(27,28)19-11-15(24(25)26)8-9-17(19)22-21-13-14-5-4-10-20-12-14/h2-13,22-23H,1H3/b21-13-. The molecule has 3 rings (SSSR count). The molecule has 0 aliphatic rings. The van der Waals surface area contributed by atoms with E-state index in [-0.39, 0.29) is 22.0 Å². The zero-order valence-corrected chi connectivity index (χ0v) is 16.5. The van der Waals surface area contributed by atoms with Crippen molar-refractivity contribution in [2.45, 2.75) is 4.90 Å². The summed E-state index contributed by atoms with van der Waals surface area (Å²) in [5.41, 5.74) is 3.17. The maximum atomic E-state index is 13.0. The van der Waals surface area contributed by atoms with Gasteiger partial charge in [0.1, 0.15) is 10.6 Å². The number of nitro benzene ring substituents is 1. The molecular weight excluding hydrogens is 410 g/mol. The zero-order chi connectivity index (χ0) is 21.6. The lowest BCUT2D eigenvalue weighted by Gasteiger charge is -2.14. The molecular formula is C19H17N5O5S. The summed E-state index contributed by atoms with van der Waals surface area (Å²) < 4.78 is 33.6. The van der Waals surface area contributed by atoms with Crippen molar-refractivity contribution >= 4 is 33.3 Å². The SMILES string of the molecule is COc1ccccc1NS(=O)(=O)c1cc([N+](=O)[O-])ccc1N/N=C\c1cccnc1. The molecule has 0 saturated heterocycles. The highest BCUT2D eigenvalue weighted by Gasteiger charge is 2.23. The maximum Gasteiger partial charge on any atom is 0.270 e. The van der Waals surface area contributed by atoms with Crippen LogP contribution in [0.2, 0.25) is 0 Å². The second-order valence-corrected chi connectivity index (χ2v) is 7.55. The number of anilines is 2. The third kappa shape index (κ3) is 4.89. The van der Waals surface area contributed by atoms with Crippen LogP contribution in [0.3, 0.4) is 0 Å². The number of aromatic nitrogens is 1. The first-order chi connectivity index (χ1) is 14.4. The number of hydrazone groups is 1. The van der Waals surface area contributed by atoms with E-state index in [1.54, 1.807) is 42.7 Å². The van der Waals surface area contributed by atoms with Gasteiger partial charge in [-0.1, -0.05) is 18.2 Å².